The number of rotatable bonds is 6. The highest BCUT2D eigenvalue weighted by Crippen LogP contribution is 2.49. The van der Waals surface area contributed by atoms with Crippen LogP contribution in [0.2, 0.25) is 10.0 Å². The van der Waals surface area contributed by atoms with E-state index in [4.69, 9.17) is 27.9 Å². The van der Waals surface area contributed by atoms with E-state index < -0.39 is 0 Å². The zero-order valence-electron chi connectivity index (χ0n) is 18.5. The molecule has 167 valence electrons. The zero-order valence-corrected chi connectivity index (χ0v) is 22.4. The van der Waals surface area contributed by atoms with Crippen LogP contribution in [0.5, 0.6) is 5.75 Å². The van der Waals surface area contributed by atoms with Crippen LogP contribution in [0.4, 0.5) is 0 Å². The van der Waals surface area contributed by atoms with Gasteiger partial charge in [-0.05, 0) is 72.7 Å². The summed E-state index contributed by atoms with van der Waals surface area (Å²) in [6.07, 6.45) is 2.07. The maximum absolute atomic E-state index is 7.03. The Bertz CT molecular complexity index is 1320. The summed E-state index contributed by atoms with van der Waals surface area (Å²) in [6, 6.07) is 25.6. The molecule has 0 saturated carbocycles. The Hall–Kier alpha value is -1.91. The van der Waals surface area contributed by atoms with E-state index >= 15 is 0 Å². The van der Waals surface area contributed by atoms with E-state index in [1.54, 1.807) is 11.8 Å². The first-order valence-corrected chi connectivity index (χ1v) is 13.3. The van der Waals surface area contributed by atoms with Crippen molar-refractivity contribution in [1.82, 2.24) is 0 Å². The highest BCUT2D eigenvalue weighted by molar-refractivity contribution is 9.10. The van der Waals surface area contributed by atoms with Crippen LogP contribution in [-0.4, -0.2) is 12.9 Å². The molecule has 0 aliphatic rings. The first kappa shape index (κ1) is 24.2. The molecule has 0 atom stereocenters. The normalized spacial score (nSPS) is 11.0. The molecule has 0 bridgehead atoms. The first-order valence-electron chi connectivity index (χ1n) is 10.5. The Morgan fingerprint density at radius 3 is 2.33 bits per heavy atom. The predicted molar refractivity (Wildman–Crippen MR) is 147 cm³/mol. The van der Waals surface area contributed by atoms with Crippen LogP contribution in [0.1, 0.15) is 12.5 Å². The van der Waals surface area contributed by atoms with Crippen LogP contribution in [0.3, 0.4) is 0 Å². The van der Waals surface area contributed by atoms with Gasteiger partial charge in [-0.1, -0.05) is 75.5 Å². The molecule has 33 heavy (non-hydrogen) atoms. The number of thioether (sulfide) groups is 1. The molecule has 0 heterocycles. The molecule has 4 aromatic carbocycles. The van der Waals surface area contributed by atoms with Crippen LogP contribution in [0, 0.1) is 13.0 Å². The molecule has 0 spiro atoms. The van der Waals surface area contributed by atoms with Crippen molar-refractivity contribution in [3.63, 3.8) is 0 Å². The second kappa shape index (κ2) is 10.6. The molecule has 0 unspecified atom stereocenters. The van der Waals surface area contributed by atoms with E-state index in [9.17, 15) is 0 Å². The highest BCUT2D eigenvalue weighted by Gasteiger charge is 2.23. The van der Waals surface area contributed by atoms with Crippen LogP contribution >= 0.6 is 50.9 Å². The lowest BCUT2D eigenvalue weighted by Crippen LogP contribution is -1.99. The summed E-state index contributed by atoms with van der Waals surface area (Å²) in [7, 11) is 0. The standard InChI is InChI=1S/C28H22BrCl2OS/c1-4-32-25-11-7-5-9-19(25)21-16-24(31)28(20-10-6-8-12-26(20)33-3)27(17(21)2)22-15-18(29)13-14-23(22)30/h5-15H,4H2,1-3H3. The molecule has 0 aliphatic carbocycles. The van der Waals surface area contributed by atoms with Crippen molar-refractivity contribution in [3.8, 4) is 39.1 Å². The predicted octanol–water partition coefficient (Wildman–Crippen LogP) is 9.99. The van der Waals surface area contributed by atoms with Gasteiger partial charge in [0.2, 0.25) is 0 Å². The number of para-hydroxylation sites is 1. The van der Waals surface area contributed by atoms with E-state index in [0.29, 0.717) is 16.7 Å². The van der Waals surface area contributed by atoms with Gasteiger partial charge in [0.1, 0.15) is 5.75 Å². The molecule has 0 aromatic heterocycles. The van der Waals surface area contributed by atoms with E-state index in [0.717, 1.165) is 54.1 Å². The maximum Gasteiger partial charge on any atom is 0.127 e. The Kier molecular flexibility index (Phi) is 7.76. The SMILES string of the molecule is CCOc1ccccc1-c1[c]c(Cl)c(-c2ccccc2SC)c(-c2cc(Br)ccc2Cl)c1C. The third-order valence-electron chi connectivity index (χ3n) is 5.48. The van der Waals surface area contributed by atoms with Gasteiger partial charge < -0.3 is 4.74 Å². The van der Waals surface area contributed by atoms with Crippen molar-refractivity contribution >= 4 is 50.9 Å². The third-order valence-corrected chi connectivity index (χ3v) is 7.39. The average Bonchev–Trinajstić information content (AvgIpc) is 2.82. The van der Waals surface area contributed by atoms with Crippen LogP contribution in [0.15, 0.2) is 76.1 Å². The number of hydrogen-bond donors (Lipinski definition) is 0. The fourth-order valence-corrected chi connectivity index (χ4v) is 5.51. The minimum atomic E-state index is 0.550. The lowest BCUT2D eigenvalue weighted by atomic mass is 9.86. The molecule has 0 N–H and O–H groups in total. The molecule has 0 saturated heterocycles. The van der Waals surface area contributed by atoms with E-state index in [1.165, 1.54) is 0 Å². The van der Waals surface area contributed by atoms with Crippen molar-refractivity contribution in [3.05, 3.63) is 92.9 Å². The molecule has 1 radical (unpaired) electrons. The summed E-state index contributed by atoms with van der Waals surface area (Å²) < 4.78 is 6.88. The lowest BCUT2D eigenvalue weighted by molar-refractivity contribution is 0.341. The number of hydrogen-bond acceptors (Lipinski definition) is 2. The number of ether oxygens (including phenoxy) is 1. The second-order valence-corrected chi connectivity index (χ2v) is 9.99. The summed E-state index contributed by atoms with van der Waals surface area (Å²) in [6.45, 7) is 4.66. The van der Waals surface area contributed by atoms with Crippen molar-refractivity contribution in [1.29, 1.82) is 0 Å². The van der Waals surface area contributed by atoms with Crippen molar-refractivity contribution in [2.24, 2.45) is 0 Å². The topological polar surface area (TPSA) is 9.23 Å². The van der Waals surface area contributed by atoms with E-state index in [2.05, 4.69) is 47.3 Å². The monoisotopic (exact) mass is 555 g/mol. The Balaban J connectivity index is 2.12. The summed E-state index contributed by atoms with van der Waals surface area (Å²) in [5.41, 5.74) is 6.80. The fourth-order valence-electron chi connectivity index (χ4n) is 4.04. The molecule has 0 aliphatic heterocycles. The third kappa shape index (κ3) is 4.83. The van der Waals surface area contributed by atoms with Gasteiger partial charge in [-0.2, -0.15) is 0 Å². The van der Waals surface area contributed by atoms with Gasteiger partial charge in [-0.3, -0.25) is 0 Å². The molecular weight excluding hydrogens is 535 g/mol. The molecule has 4 rings (SSSR count). The van der Waals surface area contributed by atoms with Crippen LogP contribution in [-0.2, 0) is 0 Å². The quantitative estimate of drug-likeness (QED) is 0.218. The Morgan fingerprint density at radius 2 is 1.61 bits per heavy atom. The van der Waals surface area contributed by atoms with Gasteiger partial charge in [0.15, 0.2) is 0 Å². The number of halogens is 3. The van der Waals surface area contributed by atoms with Gasteiger partial charge in [0, 0.05) is 37.1 Å². The zero-order chi connectivity index (χ0) is 23.5. The summed E-state index contributed by atoms with van der Waals surface area (Å²) in [5, 5.41) is 1.21. The van der Waals surface area contributed by atoms with Gasteiger partial charge in [0.25, 0.3) is 0 Å². The van der Waals surface area contributed by atoms with Gasteiger partial charge in [-0.25, -0.2) is 0 Å². The first-order chi connectivity index (χ1) is 16.0. The van der Waals surface area contributed by atoms with Crippen LogP contribution < -0.4 is 4.74 Å². The minimum Gasteiger partial charge on any atom is -0.493 e. The molecule has 4 aromatic rings. The van der Waals surface area contributed by atoms with E-state index in [-0.39, 0.29) is 0 Å². The molecule has 1 nitrogen and oxygen atoms in total. The lowest BCUT2D eigenvalue weighted by Gasteiger charge is -2.22. The van der Waals surface area contributed by atoms with Crippen LogP contribution in [0.25, 0.3) is 33.4 Å². The molecule has 5 heteroatoms. The smallest absolute Gasteiger partial charge is 0.127 e. The van der Waals surface area contributed by atoms with Crippen molar-refractivity contribution < 1.29 is 4.74 Å². The largest absolute Gasteiger partial charge is 0.493 e. The summed E-state index contributed by atoms with van der Waals surface area (Å²) in [5.74, 6) is 0.805. The van der Waals surface area contributed by atoms with Gasteiger partial charge >= 0.3 is 0 Å². The average molecular weight is 557 g/mol. The second-order valence-electron chi connectivity index (χ2n) is 7.44. The highest BCUT2D eigenvalue weighted by atomic mass is 79.9. The Labute approximate surface area is 218 Å². The molecular formula is C28H22BrCl2OS. The van der Waals surface area contributed by atoms with Gasteiger partial charge in [0.05, 0.1) is 11.6 Å². The summed E-state index contributed by atoms with van der Waals surface area (Å²) >= 11 is 19.1. The van der Waals surface area contributed by atoms with Gasteiger partial charge in [-0.15, -0.1) is 11.8 Å². The molecule has 0 amide bonds. The maximum atomic E-state index is 7.03. The summed E-state index contributed by atoms with van der Waals surface area (Å²) in [4.78, 5) is 1.14. The number of benzene rings is 4. The van der Waals surface area contributed by atoms with E-state index in [1.807, 2.05) is 61.5 Å². The van der Waals surface area contributed by atoms with Crippen molar-refractivity contribution in [2.45, 2.75) is 18.7 Å². The van der Waals surface area contributed by atoms with Crippen molar-refractivity contribution in [2.75, 3.05) is 12.9 Å². The molecule has 0 fully saturated rings. The fraction of sp³-hybridized carbons (Fsp3) is 0.143. The minimum absolute atomic E-state index is 0.550. The Morgan fingerprint density at radius 1 is 0.909 bits per heavy atom.